The standard InChI is InChI=1S/C36H36FN5O4/c1-22-14-24(16-33(43)40-26-19-39-42(21-26)36(2,3)4)15-30(37)34(22)46-32-10-12-38-31-17-25-11-13-41(35(44)28(25)18-29(31)32)20-23-6-8-27(45-5)9-7-23/h6-10,12,14-15,17-19,21H,11,13,16,20H2,1-5H3,(H,40,43). The highest BCUT2D eigenvalue weighted by Gasteiger charge is 2.26. The Kier molecular flexibility index (Phi) is 8.20. The van der Waals surface area contributed by atoms with E-state index in [2.05, 4.69) is 15.4 Å². The molecule has 236 valence electrons. The van der Waals surface area contributed by atoms with Crippen molar-refractivity contribution in [3.05, 3.63) is 107 Å². The van der Waals surface area contributed by atoms with Gasteiger partial charge in [-0.1, -0.05) is 18.2 Å². The highest BCUT2D eigenvalue weighted by atomic mass is 19.1. The molecule has 0 atom stereocenters. The third kappa shape index (κ3) is 6.42. The van der Waals surface area contributed by atoms with Crippen molar-refractivity contribution < 1.29 is 23.5 Å². The smallest absolute Gasteiger partial charge is 0.254 e. The highest BCUT2D eigenvalue weighted by Crippen LogP contribution is 2.36. The number of anilines is 1. The zero-order valence-corrected chi connectivity index (χ0v) is 26.6. The summed E-state index contributed by atoms with van der Waals surface area (Å²) in [5.41, 5.74) is 4.58. The maximum atomic E-state index is 15.5. The molecular formula is C36H36FN5O4. The number of methoxy groups -OCH3 is 1. The summed E-state index contributed by atoms with van der Waals surface area (Å²) in [6.45, 7) is 8.85. The molecule has 46 heavy (non-hydrogen) atoms. The first-order chi connectivity index (χ1) is 22.0. The second kappa shape index (κ2) is 12.3. The van der Waals surface area contributed by atoms with Gasteiger partial charge in [-0.25, -0.2) is 4.39 Å². The van der Waals surface area contributed by atoms with E-state index in [1.54, 1.807) is 55.5 Å². The maximum absolute atomic E-state index is 15.5. The molecule has 1 aliphatic rings. The van der Waals surface area contributed by atoms with Crippen LogP contribution >= 0.6 is 0 Å². The monoisotopic (exact) mass is 621 g/mol. The van der Waals surface area contributed by atoms with E-state index in [0.717, 1.165) is 16.9 Å². The Bertz CT molecular complexity index is 1920. The maximum Gasteiger partial charge on any atom is 0.254 e. The van der Waals surface area contributed by atoms with Crippen molar-refractivity contribution in [2.75, 3.05) is 19.0 Å². The number of nitrogens with one attached hydrogen (secondary N) is 1. The van der Waals surface area contributed by atoms with Gasteiger partial charge in [0.15, 0.2) is 11.6 Å². The fourth-order valence-electron chi connectivity index (χ4n) is 5.62. The number of nitrogens with zero attached hydrogens (tertiary/aromatic N) is 4. The molecule has 10 heteroatoms. The molecule has 0 saturated carbocycles. The number of benzene rings is 3. The third-order valence-electron chi connectivity index (χ3n) is 8.05. The number of halogens is 1. The van der Waals surface area contributed by atoms with Gasteiger partial charge in [0, 0.05) is 36.4 Å². The Hall–Kier alpha value is -5.25. The van der Waals surface area contributed by atoms with Gasteiger partial charge in [-0.2, -0.15) is 5.10 Å². The summed E-state index contributed by atoms with van der Waals surface area (Å²) in [5, 5.41) is 7.74. The molecule has 3 heterocycles. The zero-order valence-electron chi connectivity index (χ0n) is 26.6. The largest absolute Gasteiger partial charge is 0.497 e. The van der Waals surface area contributed by atoms with Crippen molar-refractivity contribution in [1.82, 2.24) is 19.7 Å². The number of rotatable bonds is 8. The van der Waals surface area contributed by atoms with Gasteiger partial charge >= 0.3 is 0 Å². The van der Waals surface area contributed by atoms with Crippen LogP contribution in [0.1, 0.15) is 53.4 Å². The average Bonchev–Trinajstić information content (AvgIpc) is 3.49. The van der Waals surface area contributed by atoms with Crippen molar-refractivity contribution in [3.8, 4) is 17.2 Å². The van der Waals surface area contributed by atoms with E-state index < -0.39 is 5.82 Å². The molecule has 3 aromatic carbocycles. The van der Waals surface area contributed by atoms with Gasteiger partial charge in [0.1, 0.15) is 11.5 Å². The molecule has 6 rings (SSSR count). The van der Waals surface area contributed by atoms with Crippen LogP contribution in [0.25, 0.3) is 10.9 Å². The number of pyridine rings is 1. The van der Waals surface area contributed by atoms with Gasteiger partial charge in [0.05, 0.1) is 36.5 Å². The number of carbonyl (C=O) groups excluding carboxylic acids is 2. The molecule has 0 saturated heterocycles. The number of amides is 2. The first-order valence-corrected chi connectivity index (χ1v) is 15.1. The van der Waals surface area contributed by atoms with E-state index in [1.807, 2.05) is 56.0 Å². The molecule has 5 aromatic rings. The molecule has 2 amide bonds. The number of fused-ring (bicyclic) bond motifs is 2. The molecule has 0 bridgehead atoms. The van der Waals surface area contributed by atoms with Gasteiger partial charge in [0.2, 0.25) is 5.91 Å². The van der Waals surface area contributed by atoms with Crippen LogP contribution in [-0.4, -0.2) is 45.1 Å². The molecule has 0 fully saturated rings. The van der Waals surface area contributed by atoms with E-state index in [1.165, 1.54) is 6.07 Å². The van der Waals surface area contributed by atoms with E-state index in [9.17, 15) is 9.59 Å². The summed E-state index contributed by atoms with van der Waals surface area (Å²) in [6, 6.07) is 16.1. The van der Waals surface area contributed by atoms with Crippen molar-refractivity contribution in [1.29, 1.82) is 0 Å². The number of aryl methyl sites for hydroxylation is 1. The SMILES string of the molecule is COc1ccc(CN2CCc3cc4nccc(Oc5c(C)cc(CC(=O)Nc6cnn(C(C)(C)C)c6)cc5F)c4cc3C2=O)cc1. The minimum Gasteiger partial charge on any atom is -0.497 e. The second-order valence-corrected chi connectivity index (χ2v) is 12.6. The second-order valence-electron chi connectivity index (χ2n) is 12.6. The summed E-state index contributed by atoms with van der Waals surface area (Å²) < 4.78 is 28.7. The van der Waals surface area contributed by atoms with E-state index in [0.29, 0.717) is 58.5 Å². The van der Waals surface area contributed by atoms with E-state index in [4.69, 9.17) is 9.47 Å². The summed E-state index contributed by atoms with van der Waals surface area (Å²) in [4.78, 5) is 32.7. The minimum atomic E-state index is -0.590. The fraction of sp³-hybridized carbons (Fsp3) is 0.278. The first kappa shape index (κ1) is 30.8. The molecule has 0 radical (unpaired) electrons. The lowest BCUT2D eigenvalue weighted by Crippen LogP contribution is -2.37. The van der Waals surface area contributed by atoms with Crippen LogP contribution < -0.4 is 14.8 Å². The van der Waals surface area contributed by atoms with Gasteiger partial charge in [-0.05, 0) is 92.8 Å². The summed E-state index contributed by atoms with van der Waals surface area (Å²) in [5.74, 6) is 0.247. The minimum absolute atomic E-state index is 0.0157. The Balaban J connectivity index is 1.20. The number of carbonyl (C=O) groups is 2. The lowest BCUT2D eigenvalue weighted by Gasteiger charge is -2.29. The van der Waals surface area contributed by atoms with Crippen LogP contribution in [0.2, 0.25) is 0 Å². The predicted octanol–water partition coefficient (Wildman–Crippen LogP) is 6.81. The Morgan fingerprint density at radius 1 is 1.07 bits per heavy atom. The fourth-order valence-corrected chi connectivity index (χ4v) is 5.62. The van der Waals surface area contributed by atoms with Crippen LogP contribution in [0.4, 0.5) is 10.1 Å². The topological polar surface area (TPSA) is 98.6 Å². The zero-order chi connectivity index (χ0) is 32.6. The first-order valence-electron chi connectivity index (χ1n) is 15.1. The highest BCUT2D eigenvalue weighted by molar-refractivity contribution is 6.01. The Morgan fingerprint density at radius 2 is 1.85 bits per heavy atom. The lowest BCUT2D eigenvalue weighted by molar-refractivity contribution is -0.115. The Morgan fingerprint density at radius 3 is 2.54 bits per heavy atom. The number of ether oxygens (including phenoxy) is 2. The molecule has 9 nitrogen and oxygen atoms in total. The van der Waals surface area contributed by atoms with Crippen LogP contribution in [0.15, 0.2) is 73.2 Å². The summed E-state index contributed by atoms with van der Waals surface area (Å²) in [6.07, 6.45) is 5.65. The van der Waals surface area contributed by atoms with Crippen LogP contribution in [0, 0.1) is 12.7 Å². The number of aromatic nitrogens is 3. The third-order valence-corrected chi connectivity index (χ3v) is 8.05. The van der Waals surface area contributed by atoms with Crippen molar-refractivity contribution in [3.63, 3.8) is 0 Å². The van der Waals surface area contributed by atoms with Crippen LogP contribution in [-0.2, 0) is 29.7 Å². The van der Waals surface area contributed by atoms with Gasteiger partial charge in [-0.3, -0.25) is 19.3 Å². The van der Waals surface area contributed by atoms with Gasteiger partial charge < -0.3 is 19.7 Å². The molecule has 0 spiro atoms. The summed E-state index contributed by atoms with van der Waals surface area (Å²) >= 11 is 0. The van der Waals surface area contributed by atoms with Crippen molar-refractivity contribution >= 4 is 28.4 Å². The number of hydrogen-bond donors (Lipinski definition) is 1. The van der Waals surface area contributed by atoms with Gasteiger partial charge in [-0.15, -0.1) is 0 Å². The predicted molar refractivity (Wildman–Crippen MR) is 174 cm³/mol. The van der Waals surface area contributed by atoms with E-state index >= 15 is 4.39 Å². The van der Waals surface area contributed by atoms with Gasteiger partial charge in [0.25, 0.3) is 5.91 Å². The van der Waals surface area contributed by atoms with E-state index in [-0.39, 0.29) is 29.5 Å². The average molecular weight is 622 g/mol. The normalized spacial score (nSPS) is 13.1. The quantitative estimate of drug-likeness (QED) is 0.204. The molecule has 1 aliphatic heterocycles. The summed E-state index contributed by atoms with van der Waals surface area (Å²) in [7, 11) is 1.62. The van der Waals surface area contributed by atoms with Crippen LogP contribution in [0.5, 0.6) is 17.2 Å². The molecular weight excluding hydrogens is 585 g/mol. The molecule has 1 N–H and O–H groups in total. The molecule has 2 aromatic heterocycles. The molecule has 0 aliphatic carbocycles. The van der Waals surface area contributed by atoms with Crippen molar-refractivity contribution in [2.45, 2.75) is 52.6 Å². The molecule has 0 unspecified atom stereocenters. The lowest BCUT2D eigenvalue weighted by atomic mass is 9.96. The van der Waals surface area contributed by atoms with Crippen LogP contribution in [0.3, 0.4) is 0 Å². The number of hydrogen-bond acceptors (Lipinski definition) is 6. The van der Waals surface area contributed by atoms with Crippen molar-refractivity contribution in [2.24, 2.45) is 0 Å². The Labute approximate surface area is 267 Å².